The molecule has 2 aromatic carbocycles. The average Bonchev–Trinajstić information content (AvgIpc) is 2.72. The SMILES string of the molecule is CCOC(=O)C1=c2cc(OC)c(OC)cc2=C(CC)[NH+](c2ccc(C)cc2)C1C. The van der Waals surface area contributed by atoms with Crippen LogP contribution in [0, 0.1) is 6.92 Å². The summed E-state index contributed by atoms with van der Waals surface area (Å²) in [4.78, 5) is 14.2. The Labute approximate surface area is 172 Å². The van der Waals surface area contributed by atoms with Gasteiger partial charge in [-0.2, -0.15) is 0 Å². The van der Waals surface area contributed by atoms with Crippen molar-refractivity contribution in [3.63, 3.8) is 0 Å². The summed E-state index contributed by atoms with van der Waals surface area (Å²) in [5.74, 6) is 0.973. The number of esters is 1. The lowest BCUT2D eigenvalue weighted by molar-refractivity contribution is -0.774. The highest BCUT2D eigenvalue weighted by molar-refractivity contribution is 6.11. The summed E-state index contributed by atoms with van der Waals surface area (Å²) >= 11 is 0. The van der Waals surface area contributed by atoms with Crippen LogP contribution in [0.1, 0.15) is 32.8 Å². The summed E-state index contributed by atoms with van der Waals surface area (Å²) in [6.07, 6.45) is 0.839. The number of hydrogen-bond acceptors (Lipinski definition) is 4. The third-order valence-corrected chi connectivity index (χ3v) is 5.54. The molecule has 0 bridgehead atoms. The third kappa shape index (κ3) is 3.75. The minimum Gasteiger partial charge on any atom is -0.493 e. The number of rotatable bonds is 6. The molecule has 29 heavy (non-hydrogen) atoms. The zero-order chi connectivity index (χ0) is 21.1. The van der Waals surface area contributed by atoms with Crippen LogP contribution in [0.25, 0.3) is 11.3 Å². The number of aryl methyl sites for hydroxylation is 1. The first-order valence-electron chi connectivity index (χ1n) is 10.1. The van der Waals surface area contributed by atoms with Crippen molar-refractivity contribution in [1.82, 2.24) is 0 Å². The number of fused-ring (bicyclic) bond motifs is 1. The number of ether oxygens (including phenoxy) is 3. The largest absolute Gasteiger partial charge is 0.493 e. The average molecular weight is 397 g/mol. The standard InChI is InChI=1S/C24H29NO4/c1-7-20-18-13-21(27-5)22(28-6)14-19(18)23(24(26)29-8-2)16(4)25(20)17-11-9-15(3)10-12-17/h9-14,16H,7-8H2,1-6H3/p+1. The minimum absolute atomic E-state index is 0.0997. The van der Waals surface area contributed by atoms with Crippen molar-refractivity contribution in [1.29, 1.82) is 0 Å². The molecule has 154 valence electrons. The third-order valence-electron chi connectivity index (χ3n) is 5.54. The Balaban J connectivity index is 2.40. The lowest BCUT2D eigenvalue weighted by atomic mass is 9.94. The van der Waals surface area contributed by atoms with Crippen LogP contribution in [0.3, 0.4) is 0 Å². The Morgan fingerprint density at radius 2 is 1.59 bits per heavy atom. The van der Waals surface area contributed by atoms with Crippen LogP contribution in [-0.4, -0.2) is 32.8 Å². The summed E-state index contributed by atoms with van der Waals surface area (Å²) < 4.78 is 16.5. The minimum atomic E-state index is -0.284. The maximum Gasteiger partial charge on any atom is 0.340 e. The van der Waals surface area contributed by atoms with Gasteiger partial charge in [-0.3, -0.25) is 4.90 Å². The smallest absolute Gasteiger partial charge is 0.340 e. The summed E-state index contributed by atoms with van der Waals surface area (Å²) in [7, 11) is 3.23. The van der Waals surface area contributed by atoms with E-state index in [0.717, 1.165) is 27.4 Å². The summed E-state index contributed by atoms with van der Waals surface area (Å²) in [5.41, 5.74) is 4.21. The molecule has 0 spiro atoms. The van der Waals surface area contributed by atoms with E-state index in [1.54, 1.807) is 14.2 Å². The van der Waals surface area contributed by atoms with Gasteiger partial charge in [0.2, 0.25) is 0 Å². The molecule has 1 N–H and O–H groups in total. The molecule has 0 aromatic heterocycles. The Kier molecular flexibility index (Phi) is 6.28. The van der Waals surface area contributed by atoms with Gasteiger partial charge in [-0.1, -0.05) is 24.6 Å². The fourth-order valence-corrected chi connectivity index (χ4v) is 4.17. The van der Waals surface area contributed by atoms with E-state index in [-0.39, 0.29) is 12.0 Å². The van der Waals surface area contributed by atoms with Gasteiger partial charge < -0.3 is 14.2 Å². The van der Waals surface area contributed by atoms with Crippen LogP contribution in [0.4, 0.5) is 5.69 Å². The topological polar surface area (TPSA) is 49.2 Å². The first kappa shape index (κ1) is 20.9. The number of quaternary nitrogens is 1. The lowest BCUT2D eigenvalue weighted by Gasteiger charge is -2.31. The number of carbonyl (C=O) groups is 1. The van der Waals surface area contributed by atoms with Crippen molar-refractivity contribution >= 4 is 22.9 Å². The Bertz CT molecular complexity index is 1020. The van der Waals surface area contributed by atoms with Crippen LogP contribution >= 0.6 is 0 Å². The van der Waals surface area contributed by atoms with Crippen molar-refractivity contribution in [2.75, 3.05) is 20.8 Å². The zero-order valence-corrected chi connectivity index (χ0v) is 18.1. The lowest BCUT2D eigenvalue weighted by Crippen LogP contribution is -3.10. The quantitative estimate of drug-likeness (QED) is 0.758. The van der Waals surface area contributed by atoms with Crippen LogP contribution in [0.5, 0.6) is 11.5 Å². The van der Waals surface area contributed by atoms with E-state index in [0.29, 0.717) is 23.7 Å². The molecule has 1 aliphatic heterocycles. The van der Waals surface area contributed by atoms with Gasteiger partial charge in [0.25, 0.3) is 0 Å². The summed E-state index contributed by atoms with van der Waals surface area (Å²) in [5, 5.41) is 1.86. The second-order valence-corrected chi connectivity index (χ2v) is 7.22. The van der Waals surface area contributed by atoms with Gasteiger partial charge in [-0.15, -0.1) is 0 Å². The van der Waals surface area contributed by atoms with Crippen molar-refractivity contribution in [2.24, 2.45) is 0 Å². The molecular formula is C24H30NO4+. The molecule has 5 heteroatoms. The summed E-state index contributed by atoms with van der Waals surface area (Å²) in [6, 6.07) is 12.3. The molecule has 5 nitrogen and oxygen atoms in total. The number of benzene rings is 2. The van der Waals surface area contributed by atoms with E-state index in [2.05, 4.69) is 45.0 Å². The Morgan fingerprint density at radius 1 is 1.00 bits per heavy atom. The van der Waals surface area contributed by atoms with Crippen LogP contribution in [-0.2, 0) is 9.53 Å². The number of methoxy groups -OCH3 is 2. The molecular weight excluding hydrogens is 366 g/mol. The monoisotopic (exact) mass is 396 g/mol. The van der Waals surface area contributed by atoms with Crippen molar-refractivity contribution in [2.45, 2.75) is 40.2 Å². The van der Waals surface area contributed by atoms with Crippen LogP contribution in [0.15, 0.2) is 36.4 Å². The molecule has 1 heterocycles. The second-order valence-electron chi connectivity index (χ2n) is 7.22. The molecule has 2 atom stereocenters. The van der Waals surface area contributed by atoms with E-state index in [1.807, 2.05) is 19.1 Å². The van der Waals surface area contributed by atoms with E-state index < -0.39 is 0 Å². The van der Waals surface area contributed by atoms with Crippen LogP contribution < -0.4 is 24.8 Å². The second kappa shape index (κ2) is 8.70. The van der Waals surface area contributed by atoms with Gasteiger partial charge in [-0.05, 0) is 45.0 Å². The number of nitrogens with one attached hydrogen (secondary N) is 1. The predicted octanol–water partition coefficient (Wildman–Crippen LogP) is 1.86. The normalized spacial score (nSPS) is 18.3. The van der Waals surface area contributed by atoms with Gasteiger partial charge >= 0.3 is 5.97 Å². The molecule has 0 fully saturated rings. The van der Waals surface area contributed by atoms with Gasteiger partial charge in [0, 0.05) is 16.9 Å². The zero-order valence-electron chi connectivity index (χ0n) is 18.1. The fourth-order valence-electron chi connectivity index (χ4n) is 4.17. The van der Waals surface area contributed by atoms with Gasteiger partial charge in [0.05, 0.1) is 20.8 Å². The van der Waals surface area contributed by atoms with E-state index in [1.165, 1.54) is 11.3 Å². The first-order valence-corrected chi connectivity index (χ1v) is 10.1. The Hall–Kier alpha value is -2.79. The van der Waals surface area contributed by atoms with Crippen LogP contribution in [0.2, 0.25) is 0 Å². The van der Waals surface area contributed by atoms with Crippen molar-refractivity contribution in [3.05, 3.63) is 52.4 Å². The van der Waals surface area contributed by atoms with Crippen molar-refractivity contribution in [3.8, 4) is 11.5 Å². The highest BCUT2D eigenvalue weighted by Crippen LogP contribution is 2.24. The molecule has 3 rings (SSSR count). The maximum absolute atomic E-state index is 13.0. The molecule has 0 aliphatic carbocycles. The number of hydrogen-bond donors (Lipinski definition) is 1. The molecule has 0 saturated heterocycles. The maximum atomic E-state index is 13.0. The Morgan fingerprint density at radius 3 is 2.10 bits per heavy atom. The molecule has 2 unspecified atom stereocenters. The molecule has 2 aromatic rings. The molecule has 0 radical (unpaired) electrons. The molecule has 0 amide bonds. The predicted molar refractivity (Wildman–Crippen MR) is 114 cm³/mol. The van der Waals surface area contributed by atoms with Gasteiger partial charge in [0.15, 0.2) is 11.5 Å². The van der Waals surface area contributed by atoms with Gasteiger partial charge in [-0.25, -0.2) is 4.79 Å². The fraction of sp³-hybridized carbons (Fsp3) is 0.375. The first-order chi connectivity index (χ1) is 14.0. The summed E-state index contributed by atoms with van der Waals surface area (Å²) in [6.45, 7) is 8.46. The number of carbonyl (C=O) groups excluding carboxylic acids is 1. The highest BCUT2D eigenvalue weighted by atomic mass is 16.5. The van der Waals surface area contributed by atoms with E-state index in [9.17, 15) is 4.79 Å². The van der Waals surface area contributed by atoms with E-state index in [4.69, 9.17) is 14.2 Å². The van der Waals surface area contributed by atoms with Gasteiger partial charge in [0.1, 0.15) is 23.0 Å². The van der Waals surface area contributed by atoms with Crippen molar-refractivity contribution < 1.29 is 23.9 Å². The highest BCUT2D eigenvalue weighted by Gasteiger charge is 2.36. The van der Waals surface area contributed by atoms with E-state index >= 15 is 0 Å². The molecule has 0 saturated carbocycles. The molecule has 1 aliphatic rings.